The molecule has 104 valence electrons. The van der Waals surface area contributed by atoms with Crippen LogP contribution in [-0.2, 0) is 4.79 Å². The smallest absolute Gasteiger partial charge is 0.320 e. The zero-order valence-electron chi connectivity index (χ0n) is 11.6. The number of carbonyl (C=O) groups is 1. The fourth-order valence-corrected chi connectivity index (χ4v) is 2.35. The molecule has 1 atom stereocenters. The third kappa shape index (κ3) is 3.20. The van der Waals surface area contributed by atoms with E-state index in [1.54, 1.807) is 6.92 Å². The average molecular weight is 264 g/mol. The van der Waals surface area contributed by atoms with E-state index in [1.807, 2.05) is 24.8 Å². The van der Waals surface area contributed by atoms with Crippen LogP contribution in [0.3, 0.4) is 0 Å². The Bertz CT molecular complexity index is 449. The first-order chi connectivity index (χ1) is 8.97. The standard InChI is InChI=1S/C13H20N4O2/c1-9-8-12(15-11(3)14-9)17-6-4-16(5-7-17)10(2)13(18)19/h8,10H,4-7H2,1-3H3,(H,18,19). The quantitative estimate of drug-likeness (QED) is 0.866. The van der Waals surface area contributed by atoms with Gasteiger partial charge < -0.3 is 10.0 Å². The maximum atomic E-state index is 11.0. The van der Waals surface area contributed by atoms with Gasteiger partial charge in [0.25, 0.3) is 0 Å². The zero-order valence-corrected chi connectivity index (χ0v) is 11.6. The lowest BCUT2D eigenvalue weighted by Gasteiger charge is -2.37. The predicted molar refractivity (Wildman–Crippen MR) is 72.4 cm³/mol. The number of anilines is 1. The molecule has 0 bridgehead atoms. The fourth-order valence-electron chi connectivity index (χ4n) is 2.35. The Balaban J connectivity index is 2.01. The number of nitrogens with zero attached hydrogens (tertiary/aromatic N) is 4. The van der Waals surface area contributed by atoms with Gasteiger partial charge in [-0.25, -0.2) is 9.97 Å². The van der Waals surface area contributed by atoms with Gasteiger partial charge in [0.1, 0.15) is 17.7 Å². The van der Waals surface area contributed by atoms with Crippen molar-refractivity contribution < 1.29 is 9.90 Å². The highest BCUT2D eigenvalue weighted by atomic mass is 16.4. The largest absolute Gasteiger partial charge is 0.480 e. The molecule has 0 saturated carbocycles. The summed E-state index contributed by atoms with van der Waals surface area (Å²) in [5.41, 5.74) is 0.962. The number of rotatable bonds is 3. The predicted octanol–water partition coefficient (Wildman–Crippen LogP) is 0.689. The summed E-state index contributed by atoms with van der Waals surface area (Å²) >= 11 is 0. The van der Waals surface area contributed by atoms with Crippen LogP contribution in [-0.4, -0.2) is 58.2 Å². The topological polar surface area (TPSA) is 69.6 Å². The fraction of sp³-hybridized carbons (Fsp3) is 0.615. The molecule has 0 spiro atoms. The molecule has 0 aromatic carbocycles. The van der Waals surface area contributed by atoms with Crippen molar-refractivity contribution in [2.24, 2.45) is 0 Å². The molecule has 1 aliphatic rings. The second kappa shape index (κ2) is 5.52. The highest BCUT2D eigenvalue weighted by Crippen LogP contribution is 2.16. The summed E-state index contributed by atoms with van der Waals surface area (Å²) in [6.45, 7) is 8.67. The van der Waals surface area contributed by atoms with Crippen LogP contribution in [0.1, 0.15) is 18.4 Å². The van der Waals surface area contributed by atoms with Crippen molar-refractivity contribution in [3.8, 4) is 0 Å². The Kier molecular flexibility index (Phi) is 3.99. The Hall–Kier alpha value is -1.69. The van der Waals surface area contributed by atoms with Crippen molar-refractivity contribution in [3.63, 3.8) is 0 Å². The number of hydrogen-bond acceptors (Lipinski definition) is 5. The van der Waals surface area contributed by atoms with Gasteiger partial charge in [0.05, 0.1) is 0 Å². The molecule has 1 aliphatic heterocycles. The highest BCUT2D eigenvalue weighted by Gasteiger charge is 2.25. The van der Waals surface area contributed by atoms with Crippen LogP contribution < -0.4 is 4.90 Å². The maximum absolute atomic E-state index is 11.0. The molecular weight excluding hydrogens is 244 g/mol. The minimum atomic E-state index is -0.762. The van der Waals surface area contributed by atoms with Crippen LogP contribution in [0, 0.1) is 13.8 Å². The van der Waals surface area contributed by atoms with E-state index in [4.69, 9.17) is 5.11 Å². The molecule has 1 fully saturated rings. The Morgan fingerprint density at radius 3 is 2.42 bits per heavy atom. The summed E-state index contributed by atoms with van der Waals surface area (Å²) < 4.78 is 0. The van der Waals surface area contributed by atoms with Gasteiger partial charge in [-0.15, -0.1) is 0 Å². The molecule has 19 heavy (non-hydrogen) atoms. The molecule has 1 aromatic heterocycles. The van der Waals surface area contributed by atoms with Crippen LogP contribution in [0.25, 0.3) is 0 Å². The Labute approximate surface area is 113 Å². The highest BCUT2D eigenvalue weighted by molar-refractivity contribution is 5.72. The summed E-state index contributed by atoms with van der Waals surface area (Å²) in [5, 5.41) is 9.01. The van der Waals surface area contributed by atoms with Crippen molar-refractivity contribution in [2.75, 3.05) is 31.1 Å². The number of carboxylic acid groups (broad SMARTS) is 1. The molecule has 0 amide bonds. The summed E-state index contributed by atoms with van der Waals surface area (Å²) in [5.74, 6) is 0.950. The van der Waals surface area contributed by atoms with E-state index in [2.05, 4.69) is 14.9 Å². The Morgan fingerprint density at radius 2 is 1.89 bits per heavy atom. The van der Waals surface area contributed by atoms with E-state index in [0.717, 1.165) is 43.5 Å². The molecule has 1 aromatic rings. The Morgan fingerprint density at radius 1 is 1.26 bits per heavy atom. The molecule has 0 radical (unpaired) electrons. The van der Waals surface area contributed by atoms with E-state index < -0.39 is 12.0 Å². The van der Waals surface area contributed by atoms with Gasteiger partial charge in [0.2, 0.25) is 0 Å². The normalized spacial score (nSPS) is 18.4. The lowest BCUT2D eigenvalue weighted by Crippen LogP contribution is -2.52. The number of piperazine rings is 1. The lowest BCUT2D eigenvalue weighted by molar-refractivity contribution is -0.142. The van der Waals surface area contributed by atoms with Crippen molar-refractivity contribution in [3.05, 3.63) is 17.6 Å². The SMILES string of the molecule is Cc1cc(N2CCN(C(C)C(=O)O)CC2)nc(C)n1. The molecular formula is C13H20N4O2. The first kappa shape index (κ1) is 13.7. The molecule has 1 N–H and O–H groups in total. The summed E-state index contributed by atoms with van der Waals surface area (Å²) in [6, 6.07) is 1.56. The number of carboxylic acids is 1. The third-order valence-corrected chi connectivity index (χ3v) is 3.50. The molecule has 1 saturated heterocycles. The minimum absolute atomic E-state index is 0.420. The van der Waals surface area contributed by atoms with Gasteiger partial charge in [0.15, 0.2) is 0 Å². The lowest BCUT2D eigenvalue weighted by atomic mass is 10.2. The monoisotopic (exact) mass is 264 g/mol. The minimum Gasteiger partial charge on any atom is -0.480 e. The molecule has 2 rings (SSSR count). The van der Waals surface area contributed by atoms with E-state index in [0.29, 0.717) is 0 Å². The molecule has 0 aliphatic carbocycles. The first-order valence-corrected chi connectivity index (χ1v) is 6.51. The van der Waals surface area contributed by atoms with E-state index in [1.165, 1.54) is 0 Å². The molecule has 1 unspecified atom stereocenters. The number of aromatic nitrogens is 2. The van der Waals surface area contributed by atoms with Gasteiger partial charge in [-0.05, 0) is 20.8 Å². The summed E-state index contributed by atoms with van der Waals surface area (Å²) in [7, 11) is 0. The average Bonchev–Trinajstić information content (AvgIpc) is 2.37. The molecule has 6 heteroatoms. The van der Waals surface area contributed by atoms with Gasteiger partial charge in [-0.1, -0.05) is 0 Å². The molecule has 6 nitrogen and oxygen atoms in total. The van der Waals surface area contributed by atoms with Gasteiger partial charge in [0, 0.05) is 37.9 Å². The van der Waals surface area contributed by atoms with Crippen LogP contribution in [0.5, 0.6) is 0 Å². The first-order valence-electron chi connectivity index (χ1n) is 6.51. The third-order valence-electron chi connectivity index (χ3n) is 3.50. The van der Waals surface area contributed by atoms with Gasteiger partial charge in [-0.2, -0.15) is 0 Å². The van der Waals surface area contributed by atoms with Crippen LogP contribution >= 0.6 is 0 Å². The van der Waals surface area contributed by atoms with Gasteiger partial charge in [-0.3, -0.25) is 9.69 Å². The van der Waals surface area contributed by atoms with E-state index in [-0.39, 0.29) is 0 Å². The van der Waals surface area contributed by atoms with Crippen molar-refractivity contribution in [2.45, 2.75) is 26.8 Å². The zero-order chi connectivity index (χ0) is 14.0. The number of aryl methyl sites for hydroxylation is 2. The van der Waals surface area contributed by atoms with Crippen molar-refractivity contribution in [1.29, 1.82) is 0 Å². The maximum Gasteiger partial charge on any atom is 0.320 e. The second-order valence-corrected chi connectivity index (χ2v) is 4.95. The van der Waals surface area contributed by atoms with Crippen LogP contribution in [0.2, 0.25) is 0 Å². The number of hydrogen-bond donors (Lipinski definition) is 1. The second-order valence-electron chi connectivity index (χ2n) is 4.95. The summed E-state index contributed by atoms with van der Waals surface area (Å²) in [6.07, 6.45) is 0. The summed E-state index contributed by atoms with van der Waals surface area (Å²) in [4.78, 5) is 23.8. The van der Waals surface area contributed by atoms with Gasteiger partial charge >= 0.3 is 5.97 Å². The molecule has 2 heterocycles. The van der Waals surface area contributed by atoms with Crippen LogP contribution in [0.15, 0.2) is 6.07 Å². The van der Waals surface area contributed by atoms with E-state index >= 15 is 0 Å². The van der Waals surface area contributed by atoms with Crippen molar-refractivity contribution >= 4 is 11.8 Å². The number of aliphatic carboxylic acids is 1. The van der Waals surface area contributed by atoms with Crippen molar-refractivity contribution in [1.82, 2.24) is 14.9 Å². The van der Waals surface area contributed by atoms with Crippen LogP contribution in [0.4, 0.5) is 5.82 Å². The van der Waals surface area contributed by atoms with E-state index in [9.17, 15) is 4.79 Å².